The number of hydrogen-bond donors (Lipinski definition) is 2. The first kappa shape index (κ1) is 16.0. The number of nitrogens with one attached hydrogen (secondary N) is 1. The Balaban J connectivity index is 1.74. The number of aromatic hydroxyl groups is 1. The molecule has 0 bridgehead atoms. The first-order valence-corrected chi connectivity index (χ1v) is 8.19. The van der Waals surface area contributed by atoms with Crippen LogP contribution in [0.1, 0.15) is 5.56 Å². The van der Waals surface area contributed by atoms with E-state index in [1.807, 2.05) is 48.5 Å². The van der Waals surface area contributed by atoms with Crippen molar-refractivity contribution in [3.63, 3.8) is 0 Å². The van der Waals surface area contributed by atoms with Gasteiger partial charge in [0.15, 0.2) is 5.75 Å². The van der Waals surface area contributed by atoms with Crippen molar-refractivity contribution in [1.29, 1.82) is 0 Å². The van der Waals surface area contributed by atoms with Crippen molar-refractivity contribution in [2.24, 2.45) is 0 Å². The van der Waals surface area contributed by atoms with Crippen molar-refractivity contribution in [3.8, 4) is 28.5 Å². The molecule has 1 aliphatic heterocycles. The van der Waals surface area contributed by atoms with Crippen molar-refractivity contribution in [3.05, 3.63) is 76.5 Å². The Morgan fingerprint density at radius 2 is 1.85 bits per heavy atom. The Bertz CT molecular complexity index is 1100. The van der Waals surface area contributed by atoms with Gasteiger partial charge in [0, 0.05) is 17.0 Å². The Hall–Kier alpha value is -3.47. The second kappa shape index (κ2) is 6.44. The Morgan fingerprint density at radius 3 is 2.62 bits per heavy atom. The number of aromatic nitrogens is 1. The van der Waals surface area contributed by atoms with Gasteiger partial charge in [-0.05, 0) is 29.8 Å². The van der Waals surface area contributed by atoms with Gasteiger partial charge in [0.2, 0.25) is 11.2 Å². The first-order chi connectivity index (χ1) is 12.7. The molecule has 2 aliphatic rings. The summed E-state index contributed by atoms with van der Waals surface area (Å²) < 4.78 is 10.9. The summed E-state index contributed by atoms with van der Waals surface area (Å²) in [6.45, 7) is 0.467. The van der Waals surface area contributed by atoms with Crippen LogP contribution in [0.3, 0.4) is 0 Å². The molecule has 1 heterocycles. The molecule has 26 heavy (non-hydrogen) atoms. The minimum Gasteiger partial charge on any atom is -0.502 e. The highest BCUT2D eigenvalue weighted by molar-refractivity contribution is 5.87. The molecule has 0 fully saturated rings. The molecule has 0 amide bonds. The van der Waals surface area contributed by atoms with E-state index in [1.54, 1.807) is 12.1 Å². The summed E-state index contributed by atoms with van der Waals surface area (Å²) in [5, 5.41) is 10.8. The maximum absolute atomic E-state index is 12.4. The third-order valence-electron chi connectivity index (χ3n) is 4.32. The number of fused-ring (bicyclic) bond motifs is 2. The van der Waals surface area contributed by atoms with Gasteiger partial charge in [-0.1, -0.05) is 30.3 Å². The van der Waals surface area contributed by atoms with Crippen molar-refractivity contribution < 1.29 is 14.6 Å². The minimum absolute atomic E-state index is 0.154. The van der Waals surface area contributed by atoms with Crippen LogP contribution in [-0.4, -0.2) is 17.2 Å². The lowest BCUT2D eigenvalue weighted by atomic mass is 10.0. The van der Waals surface area contributed by atoms with Crippen molar-refractivity contribution >= 4 is 10.9 Å². The van der Waals surface area contributed by atoms with Gasteiger partial charge in [-0.25, -0.2) is 0 Å². The van der Waals surface area contributed by atoms with Gasteiger partial charge in [-0.3, -0.25) is 4.79 Å². The van der Waals surface area contributed by atoms with Crippen LogP contribution >= 0.6 is 0 Å². The molecular formula is C21H17NO4. The Kier molecular flexibility index (Phi) is 3.97. The molecule has 2 aromatic rings. The average molecular weight is 347 g/mol. The number of benzene rings is 3. The second-order valence-corrected chi connectivity index (χ2v) is 6.01. The van der Waals surface area contributed by atoms with Crippen LogP contribution < -0.4 is 14.9 Å². The number of rotatable bonds is 4. The fourth-order valence-electron chi connectivity index (χ4n) is 2.95. The van der Waals surface area contributed by atoms with Crippen LogP contribution in [0.5, 0.6) is 17.2 Å². The predicted octanol–water partition coefficient (Wildman–Crippen LogP) is 3.93. The fourth-order valence-corrected chi connectivity index (χ4v) is 2.95. The van der Waals surface area contributed by atoms with E-state index in [1.165, 1.54) is 7.11 Å². The standard InChI is InChI=1S/C21H17NO4/c1-25-19-11-18-16(20(23)21(19)24)10-14-9-15(7-8-17(14)22-18)26-12-13-5-3-2-4-6-13/h2-11,22,24H,12H2,1H3. The lowest BCUT2D eigenvalue weighted by molar-refractivity contribution is 0.306. The van der Waals surface area contributed by atoms with Crippen LogP contribution in [0.2, 0.25) is 0 Å². The van der Waals surface area contributed by atoms with E-state index in [2.05, 4.69) is 4.98 Å². The molecule has 5 nitrogen and oxygen atoms in total. The zero-order chi connectivity index (χ0) is 18.1. The van der Waals surface area contributed by atoms with Gasteiger partial charge in [0.05, 0.1) is 18.4 Å². The molecule has 0 saturated heterocycles. The lowest BCUT2D eigenvalue weighted by Crippen LogP contribution is -2.08. The summed E-state index contributed by atoms with van der Waals surface area (Å²) in [6, 6.07) is 18.9. The highest BCUT2D eigenvalue weighted by atomic mass is 16.5. The molecule has 0 atom stereocenters. The van der Waals surface area contributed by atoms with E-state index in [-0.39, 0.29) is 11.5 Å². The summed E-state index contributed by atoms with van der Waals surface area (Å²) in [6.07, 6.45) is 0. The molecular weight excluding hydrogens is 330 g/mol. The number of ether oxygens (including phenoxy) is 2. The monoisotopic (exact) mass is 347 g/mol. The molecule has 0 spiro atoms. The molecule has 0 radical (unpaired) electrons. The largest absolute Gasteiger partial charge is 0.502 e. The van der Waals surface area contributed by atoms with E-state index in [9.17, 15) is 9.90 Å². The number of phenols is 1. The highest BCUT2D eigenvalue weighted by Gasteiger charge is 2.17. The second-order valence-electron chi connectivity index (χ2n) is 6.01. The van der Waals surface area contributed by atoms with E-state index < -0.39 is 5.43 Å². The fraction of sp³-hybridized carbons (Fsp3) is 0.0952. The number of methoxy groups -OCH3 is 1. The predicted molar refractivity (Wildman–Crippen MR) is 100 cm³/mol. The van der Waals surface area contributed by atoms with Crippen molar-refractivity contribution in [1.82, 2.24) is 4.98 Å². The molecule has 1 aliphatic carbocycles. The molecule has 2 N–H and O–H groups in total. The zero-order valence-electron chi connectivity index (χ0n) is 14.2. The summed E-state index contributed by atoms with van der Waals surface area (Å²) >= 11 is 0. The van der Waals surface area contributed by atoms with Crippen molar-refractivity contribution in [2.45, 2.75) is 6.61 Å². The van der Waals surface area contributed by atoms with Gasteiger partial charge < -0.3 is 19.6 Å². The highest BCUT2D eigenvalue weighted by Crippen LogP contribution is 2.32. The van der Waals surface area contributed by atoms with Gasteiger partial charge in [0.1, 0.15) is 12.4 Å². The van der Waals surface area contributed by atoms with Gasteiger partial charge in [-0.2, -0.15) is 0 Å². The van der Waals surface area contributed by atoms with Crippen LogP contribution in [0.4, 0.5) is 0 Å². The maximum atomic E-state index is 12.4. The smallest absolute Gasteiger partial charge is 0.233 e. The lowest BCUT2D eigenvalue weighted by Gasteiger charge is -2.12. The van der Waals surface area contributed by atoms with Gasteiger partial charge in [0.25, 0.3) is 0 Å². The summed E-state index contributed by atoms with van der Waals surface area (Å²) in [7, 11) is 1.41. The topological polar surface area (TPSA) is 71.5 Å². The number of hydrogen-bond acceptors (Lipinski definition) is 4. The zero-order valence-corrected chi connectivity index (χ0v) is 14.2. The quantitative estimate of drug-likeness (QED) is 0.549. The number of aromatic amines is 1. The van der Waals surface area contributed by atoms with E-state index in [0.717, 1.165) is 16.5 Å². The molecule has 2 aromatic carbocycles. The van der Waals surface area contributed by atoms with Crippen LogP contribution in [0.25, 0.3) is 22.2 Å². The number of pyridine rings is 1. The van der Waals surface area contributed by atoms with Crippen LogP contribution in [0, 0.1) is 0 Å². The Labute approximate surface area is 149 Å². The van der Waals surface area contributed by atoms with Crippen LogP contribution in [0.15, 0.2) is 65.5 Å². The third-order valence-corrected chi connectivity index (χ3v) is 4.32. The van der Waals surface area contributed by atoms with Crippen LogP contribution in [-0.2, 0) is 6.61 Å². The van der Waals surface area contributed by atoms with E-state index in [4.69, 9.17) is 9.47 Å². The summed E-state index contributed by atoms with van der Waals surface area (Å²) in [5.74, 6) is 0.476. The molecule has 4 rings (SSSR count). The SMILES string of the molecule is COc1cc2[nH]c3ccc(OCc4ccccc4)cc3cc-2c(=O)c1O. The molecule has 0 unspecified atom stereocenters. The number of H-pyrrole nitrogens is 1. The average Bonchev–Trinajstić information content (AvgIpc) is 2.68. The first-order valence-electron chi connectivity index (χ1n) is 8.19. The summed E-state index contributed by atoms with van der Waals surface area (Å²) in [5.41, 5.74) is 2.48. The van der Waals surface area contributed by atoms with Crippen molar-refractivity contribution in [2.75, 3.05) is 7.11 Å². The summed E-state index contributed by atoms with van der Waals surface area (Å²) in [4.78, 5) is 15.6. The number of phenolic OH excluding ortho intramolecular Hbond substituents is 1. The molecule has 130 valence electrons. The third kappa shape index (κ3) is 2.84. The Morgan fingerprint density at radius 1 is 1.04 bits per heavy atom. The minimum atomic E-state index is -0.465. The normalized spacial score (nSPS) is 11.0. The van der Waals surface area contributed by atoms with Gasteiger partial charge >= 0.3 is 0 Å². The molecule has 0 aromatic heterocycles. The molecule has 5 heteroatoms. The maximum Gasteiger partial charge on any atom is 0.233 e. The van der Waals surface area contributed by atoms with E-state index >= 15 is 0 Å². The van der Waals surface area contributed by atoms with Gasteiger partial charge in [-0.15, -0.1) is 0 Å². The molecule has 0 saturated carbocycles. The van der Waals surface area contributed by atoms with E-state index in [0.29, 0.717) is 23.6 Å².